The van der Waals surface area contributed by atoms with Crippen molar-refractivity contribution in [3.63, 3.8) is 0 Å². The number of nitrogens with one attached hydrogen (secondary N) is 1. The van der Waals surface area contributed by atoms with E-state index in [1.54, 1.807) is 42.5 Å². The highest BCUT2D eigenvalue weighted by atomic mass is 79.9. The van der Waals surface area contributed by atoms with Crippen molar-refractivity contribution >= 4 is 34.0 Å². The number of methoxy groups -OCH3 is 1. The van der Waals surface area contributed by atoms with Crippen LogP contribution >= 0.6 is 15.9 Å². The maximum absolute atomic E-state index is 12.3. The minimum Gasteiger partial charge on any atom is -0.508 e. The monoisotopic (exact) mass is 484 g/mol. The van der Waals surface area contributed by atoms with Gasteiger partial charge in [-0.2, -0.15) is 5.10 Å². The molecule has 31 heavy (non-hydrogen) atoms. The minimum atomic E-state index is -0.653. The van der Waals surface area contributed by atoms with Gasteiger partial charge in [0.05, 0.1) is 24.5 Å². The van der Waals surface area contributed by atoms with E-state index in [4.69, 9.17) is 9.47 Å². The first-order valence-electron chi connectivity index (χ1n) is 8.88. The summed E-state index contributed by atoms with van der Waals surface area (Å²) in [7, 11) is 1.43. The Morgan fingerprint density at radius 3 is 2.55 bits per heavy atom. The van der Waals surface area contributed by atoms with E-state index in [1.807, 2.05) is 0 Å². The Morgan fingerprint density at radius 1 is 1.03 bits per heavy atom. The molecule has 0 saturated carbocycles. The molecule has 0 fully saturated rings. The summed E-state index contributed by atoms with van der Waals surface area (Å²) in [5.74, 6) is -1.20. The van der Waals surface area contributed by atoms with E-state index in [1.165, 1.54) is 25.5 Å². The number of hydrazone groups is 1. The van der Waals surface area contributed by atoms with Crippen molar-refractivity contribution in [1.82, 2.24) is 5.43 Å². The van der Waals surface area contributed by atoms with Crippen LogP contribution in [0.2, 0.25) is 0 Å². The van der Waals surface area contributed by atoms with Crippen LogP contribution in [0, 0.1) is 0 Å². The smallest absolute Gasteiger partial charge is 0.343 e. The molecule has 3 aromatic rings. The number of benzene rings is 3. The van der Waals surface area contributed by atoms with Crippen molar-refractivity contribution in [2.24, 2.45) is 5.10 Å². The van der Waals surface area contributed by atoms with Crippen LogP contribution in [0.3, 0.4) is 0 Å². The Kier molecular flexibility index (Phi) is 6.88. The largest absolute Gasteiger partial charge is 0.508 e. The third-order valence-electron chi connectivity index (χ3n) is 4.06. The van der Waals surface area contributed by atoms with Crippen LogP contribution < -0.4 is 14.9 Å². The highest BCUT2D eigenvalue weighted by molar-refractivity contribution is 9.10. The van der Waals surface area contributed by atoms with Gasteiger partial charge < -0.3 is 19.7 Å². The number of amides is 1. The van der Waals surface area contributed by atoms with E-state index < -0.39 is 11.9 Å². The molecule has 0 aliphatic carbocycles. The van der Waals surface area contributed by atoms with Crippen LogP contribution in [0.25, 0.3) is 0 Å². The van der Waals surface area contributed by atoms with Crippen molar-refractivity contribution in [2.45, 2.75) is 0 Å². The summed E-state index contributed by atoms with van der Waals surface area (Å²) in [6.45, 7) is 0. The normalized spacial score (nSPS) is 10.6. The standard InChI is InChI=1S/C22H17BrN2O6/c1-30-20-9-13(12-24-25-21(28)17-7-6-16(26)11-18(17)27)5-8-19(20)31-22(29)14-3-2-4-15(23)10-14/h2-12,26-27H,1H3,(H,25,28)/b24-12+. The molecule has 3 aromatic carbocycles. The van der Waals surface area contributed by atoms with Crippen LogP contribution in [0.5, 0.6) is 23.0 Å². The molecule has 0 unspecified atom stereocenters. The predicted molar refractivity (Wildman–Crippen MR) is 117 cm³/mol. The average molecular weight is 485 g/mol. The number of carbonyl (C=O) groups is 2. The number of phenols is 2. The third-order valence-corrected chi connectivity index (χ3v) is 4.55. The van der Waals surface area contributed by atoms with Gasteiger partial charge in [-0.15, -0.1) is 0 Å². The quantitative estimate of drug-likeness (QED) is 0.211. The number of nitrogens with zero attached hydrogens (tertiary/aromatic N) is 1. The van der Waals surface area contributed by atoms with Gasteiger partial charge in [0.15, 0.2) is 11.5 Å². The van der Waals surface area contributed by atoms with Gasteiger partial charge in [0.25, 0.3) is 5.91 Å². The van der Waals surface area contributed by atoms with E-state index >= 15 is 0 Å². The van der Waals surface area contributed by atoms with Crippen LogP contribution in [0.15, 0.2) is 70.2 Å². The number of ether oxygens (including phenoxy) is 2. The highest BCUT2D eigenvalue weighted by Crippen LogP contribution is 2.28. The zero-order valence-electron chi connectivity index (χ0n) is 16.2. The lowest BCUT2D eigenvalue weighted by atomic mass is 10.2. The van der Waals surface area contributed by atoms with Gasteiger partial charge in [0.2, 0.25) is 0 Å². The molecule has 0 bridgehead atoms. The Bertz CT molecular complexity index is 1160. The second-order valence-corrected chi connectivity index (χ2v) is 7.13. The van der Waals surface area contributed by atoms with Crippen LogP contribution in [0.1, 0.15) is 26.3 Å². The zero-order chi connectivity index (χ0) is 22.4. The van der Waals surface area contributed by atoms with E-state index in [0.717, 1.165) is 10.5 Å². The minimum absolute atomic E-state index is 0.0395. The maximum atomic E-state index is 12.3. The van der Waals surface area contributed by atoms with Crippen molar-refractivity contribution < 1.29 is 29.3 Å². The Labute approximate surface area is 185 Å². The van der Waals surface area contributed by atoms with Crippen LogP contribution in [0.4, 0.5) is 0 Å². The van der Waals surface area contributed by atoms with Crippen molar-refractivity contribution in [2.75, 3.05) is 7.11 Å². The third kappa shape index (κ3) is 5.61. The zero-order valence-corrected chi connectivity index (χ0v) is 17.8. The molecule has 0 radical (unpaired) electrons. The number of hydrogen-bond donors (Lipinski definition) is 3. The molecule has 0 aromatic heterocycles. The molecule has 1 amide bonds. The summed E-state index contributed by atoms with van der Waals surface area (Å²) in [6.07, 6.45) is 1.36. The second-order valence-electron chi connectivity index (χ2n) is 6.21. The molecular formula is C22H17BrN2O6. The fourth-order valence-electron chi connectivity index (χ4n) is 2.56. The second kappa shape index (κ2) is 9.77. The summed E-state index contributed by atoms with van der Waals surface area (Å²) in [6, 6.07) is 15.2. The SMILES string of the molecule is COc1cc(/C=N/NC(=O)c2ccc(O)cc2O)ccc1OC(=O)c1cccc(Br)c1. The Hall–Kier alpha value is -3.85. The molecule has 0 aliphatic heterocycles. The summed E-state index contributed by atoms with van der Waals surface area (Å²) >= 11 is 3.31. The molecule has 0 saturated heterocycles. The summed E-state index contributed by atoms with van der Waals surface area (Å²) in [4.78, 5) is 24.4. The van der Waals surface area contributed by atoms with Gasteiger partial charge in [0, 0.05) is 10.5 Å². The van der Waals surface area contributed by atoms with Crippen LogP contribution in [-0.2, 0) is 0 Å². The molecule has 3 N–H and O–H groups in total. The van der Waals surface area contributed by atoms with E-state index in [2.05, 4.69) is 26.5 Å². The van der Waals surface area contributed by atoms with E-state index in [0.29, 0.717) is 16.9 Å². The predicted octanol–water partition coefficient (Wildman–Crippen LogP) is 3.85. The average Bonchev–Trinajstić information content (AvgIpc) is 2.74. The topological polar surface area (TPSA) is 117 Å². The number of rotatable bonds is 6. The summed E-state index contributed by atoms with van der Waals surface area (Å²) < 4.78 is 11.4. The van der Waals surface area contributed by atoms with Gasteiger partial charge in [-0.05, 0) is 54.1 Å². The number of aromatic hydroxyl groups is 2. The van der Waals surface area contributed by atoms with Crippen LogP contribution in [-0.4, -0.2) is 35.4 Å². The van der Waals surface area contributed by atoms with E-state index in [-0.39, 0.29) is 22.8 Å². The lowest BCUT2D eigenvalue weighted by Crippen LogP contribution is -2.17. The van der Waals surface area contributed by atoms with Gasteiger partial charge in [0.1, 0.15) is 11.5 Å². The maximum Gasteiger partial charge on any atom is 0.343 e. The molecule has 8 nitrogen and oxygen atoms in total. The number of esters is 1. The van der Waals surface area contributed by atoms with Crippen molar-refractivity contribution in [3.8, 4) is 23.0 Å². The number of hydrogen-bond acceptors (Lipinski definition) is 7. The fraction of sp³-hybridized carbons (Fsp3) is 0.0455. The molecule has 0 atom stereocenters. The van der Waals surface area contributed by atoms with E-state index in [9.17, 15) is 19.8 Å². The van der Waals surface area contributed by atoms with Crippen molar-refractivity contribution in [1.29, 1.82) is 0 Å². The first kappa shape index (κ1) is 21.8. The summed E-state index contributed by atoms with van der Waals surface area (Å²) in [5.41, 5.74) is 3.18. The summed E-state index contributed by atoms with van der Waals surface area (Å²) in [5, 5.41) is 22.8. The first-order valence-corrected chi connectivity index (χ1v) is 9.68. The molecule has 0 heterocycles. The number of carbonyl (C=O) groups excluding carboxylic acids is 2. The Balaban J connectivity index is 1.69. The molecule has 9 heteroatoms. The van der Waals surface area contributed by atoms with Gasteiger partial charge >= 0.3 is 5.97 Å². The lowest BCUT2D eigenvalue weighted by Gasteiger charge is -2.10. The number of phenolic OH excluding ortho intramolecular Hbond substituents is 2. The molecule has 3 rings (SSSR count). The molecule has 0 aliphatic rings. The first-order chi connectivity index (χ1) is 14.9. The Morgan fingerprint density at radius 2 is 1.84 bits per heavy atom. The highest BCUT2D eigenvalue weighted by Gasteiger charge is 2.14. The lowest BCUT2D eigenvalue weighted by molar-refractivity contribution is 0.0729. The van der Waals surface area contributed by atoms with Gasteiger partial charge in [-0.25, -0.2) is 10.2 Å². The fourth-order valence-corrected chi connectivity index (χ4v) is 2.96. The number of halogens is 1. The van der Waals surface area contributed by atoms with Crippen molar-refractivity contribution in [3.05, 3.63) is 81.8 Å². The molecule has 0 spiro atoms. The van der Waals surface area contributed by atoms with Gasteiger partial charge in [-0.1, -0.05) is 22.0 Å². The molecule has 158 valence electrons. The molecular weight excluding hydrogens is 468 g/mol. The van der Waals surface area contributed by atoms with Gasteiger partial charge in [-0.3, -0.25) is 4.79 Å².